The molecule has 0 aliphatic carbocycles. The number of esters is 1. The lowest BCUT2D eigenvalue weighted by Crippen LogP contribution is -2.17. The largest absolute Gasteiger partial charge is 0.455 e. The molecule has 0 heterocycles. The van der Waals surface area contributed by atoms with Crippen LogP contribution >= 0.6 is 0 Å². The summed E-state index contributed by atoms with van der Waals surface area (Å²) in [5.74, 6) is -0.543. The van der Waals surface area contributed by atoms with E-state index in [4.69, 9.17) is 4.74 Å². The van der Waals surface area contributed by atoms with Gasteiger partial charge in [-0.05, 0) is 25.1 Å². The van der Waals surface area contributed by atoms with Crippen LogP contribution in [0.3, 0.4) is 0 Å². The number of anilines is 1. The summed E-state index contributed by atoms with van der Waals surface area (Å²) in [6.45, 7) is 1.65. The summed E-state index contributed by atoms with van der Waals surface area (Å²) in [6.07, 6.45) is 0. The van der Waals surface area contributed by atoms with Gasteiger partial charge >= 0.3 is 11.7 Å². The zero-order valence-electron chi connectivity index (χ0n) is 16.9. The van der Waals surface area contributed by atoms with Crippen LogP contribution in [0, 0.1) is 27.2 Å². The molecule has 0 fully saturated rings. The van der Waals surface area contributed by atoms with Gasteiger partial charge in [0.15, 0.2) is 0 Å². The molecule has 10 heteroatoms. The number of ether oxygens (including phenoxy) is 1. The van der Waals surface area contributed by atoms with Gasteiger partial charge in [-0.25, -0.2) is 4.79 Å². The molecule has 10 nitrogen and oxygen atoms in total. The lowest BCUT2D eigenvalue weighted by atomic mass is 10.1. The maximum Gasteiger partial charge on any atom is 0.338 e. The van der Waals surface area contributed by atoms with Crippen LogP contribution in [0.5, 0.6) is 0 Å². The Morgan fingerprint density at radius 2 is 1.66 bits per heavy atom. The fourth-order valence-electron chi connectivity index (χ4n) is 2.81. The van der Waals surface area contributed by atoms with Gasteiger partial charge in [-0.15, -0.1) is 0 Å². The lowest BCUT2D eigenvalue weighted by Gasteiger charge is -2.10. The number of hydrogen-bond acceptors (Lipinski definition) is 8. The molecule has 3 aromatic rings. The summed E-state index contributed by atoms with van der Waals surface area (Å²) in [7, 11) is 0. The van der Waals surface area contributed by atoms with Crippen LogP contribution in [0.2, 0.25) is 0 Å². The molecule has 0 saturated heterocycles. The minimum Gasteiger partial charge on any atom is -0.455 e. The number of nitrogens with one attached hydrogen (secondary N) is 1. The van der Waals surface area contributed by atoms with E-state index < -0.39 is 27.2 Å². The Kier molecular flexibility index (Phi) is 6.86. The van der Waals surface area contributed by atoms with Crippen molar-refractivity contribution in [2.75, 3.05) is 12.0 Å². The fourth-order valence-corrected chi connectivity index (χ4v) is 2.81. The SMILES string of the molecule is Cc1cccc(C(=O)OCC(=NNc2ccc([N+](=O)[O-])cc2[N+](=O)[O-])c2ccccc2)c1. The number of non-ortho nitro benzene ring substituents is 1. The van der Waals surface area contributed by atoms with E-state index in [-0.39, 0.29) is 12.3 Å². The minimum absolute atomic E-state index is 0.0426. The van der Waals surface area contributed by atoms with Crippen molar-refractivity contribution in [3.05, 3.63) is 110 Å². The molecule has 0 amide bonds. The third-order valence-electron chi connectivity index (χ3n) is 4.40. The monoisotopic (exact) mass is 434 g/mol. The van der Waals surface area contributed by atoms with Crippen molar-refractivity contribution >= 4 is 28.7 Å². The average Bonchev–Trinajstić information content (AvgIpc) is 2.79. The molecule has 0 atom stereocenters. The molecule has 0 aliphatic heterocycles. The maximum absolute atomic E-state index is 12.4. The number of benzene rings is 3. The quantitative estimate of drug-likeness (QED) is 0.239. The number of hydrazone groups is 1. The van der Waals surface area contributed by atoms with E-state index in [2.05, 4.69) is 10.5 Å². The smallest absolute Gasteiger partial charge is 0.338 e. The zero-order valence-corrected chi connectivity index (χ0v) is 16.9. The number of rotatable bonds is 8. The lowest BCUT2D eigenvalue weighted by molar-refractivity contribution is -0.393. The topological polar surface area (TPSA) is 137 Å². The second-order valence-corrected chi connectivity index (χ2v) is 6.70. The Hall–Kier alpha value is -4.60. The van der Waals surface area contributed by atoms with Crippen molar-refractivity contribution in [2.24, 2.45) is 5.10 Å². The van der Waals surface area contributed by atoms with Crippen LogP contribution in [-0.2, 0) is 4.74 Å². The number of carbonyl (C=O) groups excluding carboxylic acids is 1. The third-order valence-corrected chi connectivity index (χ3v) is 4.40. The Labute approximate surface area is 182 Å². The highest BCUT2D eigenvalue weighted by Crippen LogP contribution is 2.29. The van der Waals surface area contributed by atoms with Gasteiger partial charge < -0.3 is 4.74 Å². The first-order valence-corrected chi connectivity index (χ1v) is 9.40. The van der Waals surface area contributed by atoms with Gasteiger partial charge in [0.2, 0.25) is 0 Å². The number of nitro benzene ring substituents is 2. The molecule has 0 aliphatic rings. The molecule has 0 saturated carbocycles. The predicted molar refractivity (Wildman–Crippen MR) is 118 cm³/mol. The molecule has 3 rings (SSSR count). The molecule has 0 radical (unpaired) electrons. The number of hydrogen-bond donors (Lipinski definition) is 1. The summed E-state index contributed by atoms with van der Waals surface area (Å²) < 4.78 is 5.38. The number of carbonyl (C=O) groups is 1. The first-order valence-electron chi connectivity index (χ1n) is 9.40. The van der Waals surface area contributed by atoms with Gasteiger partial charge in [-0.1, -0.05) is 48.0 Å². The van der Waals surface area contributed by atoms with Gasteiger partial charge in [0, 0.05) is 11.6 Å². The van der Waals surface area contributed by atoms with Gasteiger partial charge in [0.05, 0.1) is 21.5 Å². The van der Waals surface area contributed by atoms with Gasteiger partial charge in [-0.2, -0.15) is 5.10 Å². The molecule has 0 unspecified atom stereocenters. The van der Waals surface area contributed by atoms with Gasteiger partial charge in [0.25, 0.3) is 5.69 Å². The van der Waals surface area contributed by atoms with Crippen LogP contribution in [0.25, 0.3) is 0 Å². The molecule has 0 bridgehead atoms. The second-order valence-electron chi connectivity index (χ2n) is 6.70. The Balaban J connectivity index is 1.86. The van der Waals surface area contributed by atoms with Crippen molar-refractivity contribution < 1.29 is 19.4 Å². The summed E-state index contributed by atoms with van der Waals surface area (Å²) >= 11 is 0. The molecule has 1 N–H and O–H groups in total. The molecule has 3 aromatic carbocycles. The highest BCUT2D eigenvalue weighted by molar-refractivity contribution is 6.03. The molecule has 0 aromatic heterocycles. The number of nitrogens with zero attached hydrogens (tertiary/aromatic N) is 3. The zero-order chi connectivity index (χ0) is 23.1. The number of aryl methyl sites for hydroxylation is 1. The molecule has 162 valence electrons. The van der Waals surface area contributed by atoms with Gasteiger partial charge in [0.1, 0.15) is 18.0 Å². The van der Waals surface area contributed by atoms with E-state index >= 15 is 0 Å². The van der Waals surface area contributed by atoms with Gasteiger partial charge in [-0.3, -0.25) is 25.7 Å². The Morgan fingerprint density at radius 3 is 2.31 bits per heavy atom. The fraction of sp³-hybridized carbons (Fsp3) is 0.0909. The molecule has 32 heavy (non-hydrogen) atoms. The Morgan fingerprint density at radius 1 is 0.938 bits per heavy atom. The summed E-state index contributed by atoms with van der Waals surface area (Å²) in [4.78, 5) is 33.2. The summed E-state index contributed by atoms with van der Waals surface area (Å²) in [5, 5.41) is 26.4. The predicted octanol–water partition coefficient (Wildman–Crippen LogP) is 4.48. The van der Waals surface area contributed by atoms with E-state index in [9.17, 15) is 25.0 Å². The van der Waals surface area contributed by atoms with Crippen molar-refractivity contribution in [1.29, 1.82) is 0 Å². The highest BCUT2D eigenvalue weighted by Gasteiger charge is 2.20. The van der Waals surface area contributed by atoms with E-state index in [0.29, 0.717) is 16.8 Å². The molecular formula is C22H18N4O6. The third kappa shape index (κ3) is 5.51. The first-order chi connectivity index (χ1) is 15.3. The summed E-state index contributed by atoms with van der Waals surface area (Å²) in [6, 6.07) is 18.9. The van der Waals surface area contributed by atoms with E-state index in [1.165, 1.54) is 6.07 Å². The second kappa shape index (κ2) is 9.94. The molecular weight excluding hydrogens is 416 g/mol. The standard InChI is InChI=1S/C22H18N4O6/c1-15-6-5-9-17(12-15)22(27)32-14-20(16-7-3-2-4-8-16)24-23-19-11-10-18(25(28)29)13-21(19)26(30)31/h2-13,23H,14H2,1H3. The minimum atomic E-state index is -0.745. The van der Waals surface area contributed by atoms with Crippen molar-refractivity contribution in [3.8, 4) is 0 Å². The van der Waals surface area contributed by atoms with Crippen LogP contribution in [0.15, 0.2) is 77.9 Å². The first kappa shape index (κ1) is 22.1. The van der Waals surface area contributed by atoms with Crippen molar-refractivity contribution in [3.63, 3.8) is 0 Å². The highest BCUT2D eigenvalue weighted by atomic mass is 16.6. The van der Waals surface area contributed by atoms with Crippen LogP contribution in [0.1, 0.15) is 21.5 Å². The van der Waals surface area contributed by atoms with E-state index in [1.54, 1.807) is 48.5 Å². The maximum atomic E-state index is 12.4. The van der Waals surface area contributed by atoms with Crippen molar-refractivity contribution in [2.45, 2.75) is 6.92 Å². The van der Waals surface area contributed by atoms with E-state index in [1.807, 2.05) is 13.0 Å². The van der Waals surface area contributed by atoms with Crippen molar-refractivity contribution in [1.82, 2.24) is 0 Å². The summed E-state index contributed by atoms with van der Waals surface area (Å²) in [5.41, 5.74) is 3.82. The van der Waals surface area contributed by atoms with Crippen LogP contribution in [-0.4, -0.2) is 28.1 Å². The molecule has 0 spiro atoms. The normalized spacial score (nSPS) is 11.0. The Bertz CT molecular complexity index is 1190. The van der Waals surface area contributed by atoms with Crippen LogP contribution < -0.4 is 5.43 Å². The average molecular weight is 434 g/mol. The van der Waals surface area contributed by atoms with Crippen LogP contribution in [0.4, 0.5) is 17.1 Å². The number of nitro groups is 2. The van der Waals surface area contributed by atoms with E-state index in [0.717, 1.165) is 17.7 Å².